The number of sulfone groups is 1. The van der Waals surface area contributed by atoms with Crippen molar-refractivity contribution in [1.82, 2.24) is 10.3 Å². The van der Waals surface area contributed by atoms with Crippen LogP contribution < -0.4 is 5.32 Å². The summed E-state index contributed by atoms with van der Waals surface area (Å²) in [5.41, 5.74) is 2.32. The number of benzene rings is 1. The number of hydrogen-bond donors (Lipinski definition) is 1. The fourth-order valence-corrected chi connectivity index (χ4v) is 4.34. The molecule has 6 heteroatoms. The third-order valence-electron chi connectivity index (χ3n) is 3.92. The average Bonchev–Trinajstić information content (AvgIpc) is 2.55. The maximum atomic E-state index is 12.0. The van der Waals surface area contributed by atoms with Crippen molar-refractivity contribution in [2.24, 2.45) is 0 Å². The van der Waals surface area contributed by atoms with Gasteiger partial charge in [0.1, 0.15) is 5.69 Å². The molecule has 0 spiro atoms. The molecule has 0 atom stereocenters. The van der Waals surface area contributed by atoms with Crippen LogP contribution in [0.5, 0.6) is 0 Å². The van der Waals surface area contributed by atoms with E-state index in [4.69, 9.17) is 0 Å². The van der Waals surface area contributed by atoms with Gasteiger partial charge >= 0.3 is 0 Å². The van der Waals surface area contributed by atoms with Crippen LogP contribution in [0.4, 0.5) is 0 Å². The second-order valence-corrected chi connectivity index (χ2v) is 7.66. The van der Waals surface area contributed by atoms with E-state index in [0.717, 1.165) is 17.5 Å². The molecule has 1 aromatic heterocycles. The van der Waals surface area contributed by atoms with Crippen molar-refractivity contribution in [3.63, 3.8) is 0 Å². The number of aromatic nitrogens is 1. The summed E-state index contributed by atoms with van der Waals surface area (Å²) < 4.78 is 24.0. The summed E-state index contributed by atoms with van der Waals surface area (Å²) >= 11 is 0. The van der Waals surface area contributed by atoms with Gasteiger partial charge in [-0.2, -0.15) is 0 Å². The van der Waals surface area contributed by atoms with E-state index in [-0.39, 0.29) is 11.7 Å². The number of carbonyl (C=O) groups excluding carboxylic acids is 1. The number of rotatable bonds is 4. The van der Waals surface area contributed by atoms with Gasteiger partial charge in [-0.05, 0) is 48.6 Å². The van der Waals surface area contributed by atoms with Crippen molar-refractivity contribution in [3.05, 3.63) is 59.4 Å². The highest BCUT2D eigenvalue weighted by Crippen LogP contribution is 2.25. The van der Waals surface area contributed by atoms with Crippen LogP contribution in [-0.4, -0.2) is 31.6 Å². The number of pyridine rings is 1. The average molecular weight is 330 g/mol. The zero-order valence-corrected chi connectivity index (χ0v) is 13.5. The summed E-state index contributed by atoms with van der Waals surface area (Å²) in [6, 6.07) is 10.7. The van der Waals surface area contributed by atoms with Crippen molar-refractivity contribution in [1.29, 1.82) is 0 Å². The van der Waals surface area contributed by atoms with Crippen molar-refractivity contribution in [2.75, 3.05) is 12.3 Å². The highest BCUT2D eigenvalue weighted by molar-refractivity contribution is 7.91. The topological polar surface area (TPSA) is 76.1 Å². The Balaban J connectivity index is 1.62. The first-order chi connectivity index (χ1) is 11.1. The molecule has 0 radical (unpaired) electrons. The largest absolute Gasteiger partial charge is 0.350 e. The van der Waals surface area contributed by atoms with Gasteiger partial charge in [0.2, 0.25) is 0 Å². The Morgan fingerprint density at radius 1 is 1.22 bits per heavy atom. The van der Waals surface area contributed by atoms with Gasteiger partial charge in [0, 0.05) is 12.7 Å². The minimum atomic E-state index is -3.11. The molecule has 0 bridgehead atoms. The van der Waals surface area contributed by atoms with E-state index in [9.17, 15) is 13.2 Å². The Morgan fingerprint density at radius 3 is 2.87 bits per heavy atom. The number of aryl methyl sites for hydroxylation is 1. The molecule has 1 N–H and O–H groups in total. The smallest absolute Gasteiger partial charge is 0.269 e. The minimum absolute atomic E-state index is 0.203. The molecule has 0 unspecified atom stereocenters. The molecule has 0 aliphatic carbocycles. The first-order valence-electron chi connectivity index (χ1n) is 7.60. The third-order valence-corrected chi connectivity index (χ3v) is 5.81. The molecule has 0 saturated carbocycles. The number of nitrogens with zero attached hydrogens (tertiary/aromatic N) is 1. The van der Waals surface area contributed by atoms with Crippen LogP contribution in [0, 0.1) is 0 Å². The molecule has 1 aliphatic heterocycles. The second kappa shape index (κ2) is 6.50. The monoisotopic (exact) mass is 330 g/mol. The normalized spacial score (nSPS) is 15.7. The number of carbonyl (C=O) groups is 1. The molecular formula is C17H18N2O3S. The standard InChI is InChI=1S/C17H18N2O3S/c20-17(15-5-1-2-9-18-15)19-10-8-13-6-7-16-14(12-13)4-3-11-23(16,21)22/h1-2,5-7,9,12H,3-4,8,10-11H2,(H,19,20). The van der Waals surface area contributed by atoms with Crippen LogP contribution in [0.3, 0.4) is 0 Å². The van der Waals surface area contributed by atoms with Gasteiger partial charge in [0.05, 0.1) is 10.6 Å². The van der Waals surface area contributed by atoms with Crippen molar-refractivity contribution in [3.8, 4) is 0 Å². The van der Waals surface area contributed by atoms with E-state index in [0.29, 0.717) is 30.0 Å². The van der Waals surface area contributed by atoms with Gasteiger partial charge in [-0.15, -0.1) is 0 Å². The fraction of sp³-hybridized carbons (Fsp3) is 0.294. The Kier molecular flexibility index (Phi) is 4.43. The molecule has 3 rings (SSSR count). The van der Waals surface area contributed by atoms with Crippen LogP contribution in [0.25, 0.3) is 0 Å². The Bertz CT molecular complexity index is 817. The lowest BCUT2D eigenvalue weighted by Gasteiger charge is -2.17. The Hall–Kier alpha value is -2.21. The van der Waals surface area contributed by atoms with Gasteiger partial charge in [0.25, 0.3) is 5.91 Å². The van der Waals surface area contributed by atoms with Gasteiger partial charge < -0.3 is 5.32 Å². The maximum absolute atomic E-state index is 12.0. The lowest BCUT2D eigenvalue weighted by atomic mass is 10.0. The molecule has 1 aliphatic rings. The zero-order chi connectivity index (χ0) is 16.3. The van der Waals surface area contributed by atoms with Gasteiger partial charge in [-0.25, -0.2) is 8.42 Å². The van der Waals surface area contributed by atoms with E-state index >= 15 is 0 Å². The molecule has 0 fully saturated rings. The van der Waals surface area contributed by atoms with Gasteiger partial charge in [-0.3, -0.25) is 9.78 Å². The van der Waals surface area contributed by atoms with Crippen molar-refractivity contribution in [2.45, 2.75) is 24.2 Å². The van der Waals surface area contributed by atoms with Crippen LogP contribution in [-0.2, 0) is 22.7 Å². The molecule has 2 aromatic rings. The van der Waals surface area contributed by atoms with E-state index in [1.54, 1.807) is 30.5 Å². The molecule has 1 aromatic carbocycles. The van der Waals surface area contributed by atoms with Gasteiger partial charge in [-0.1, -0.05) is 18.2 Å². The van der Waals surface area contributed by atoms with E-state index in [1.165, 1.54) is 0 Å². The Labute approximate surface area is 135 Å². The van der Waals surface area contributed by atoms with E-state index < -0.39 is 9.84 Å². The van der Waals surface area contributed by atoms with Crippen LogP contribution in [0.1, 0.15) is 28.0 Å². The van der Waals surface area contributed by atoms with Crippen LogP contribution in [0.15, 0.2) is 47.5 Å². The number of nitrogens with one attached hydrogen (secondary N) is 1. The summed E-state index contributed by atoms with van der Waals surface area (Å²) in [5, 5.41) is 2.82. The summed E-state index contributed by atoms with van der Waals surface area (Å²) in [7, 11) is -3.11. The number of amides is 1. The summed E-state index contributed by atoms with van der Waals surface area (Å²) in [5.74, 6) is 0.0329. The van der Waals surface area contributed by atoms with E-state index in [1.807, 2.05) is 12.1 Å². The predicted molar refractivity (Wildman–Crippen MR) is 87.1 cm³/mol. The minimum Gasteiger partial charge on any atom is -0.350 e. The maximum Gasteiger partial charge on any atom is 0.269 e. The molecule has 2 heterocycles. The zero-order valence-electron chi connectivity index (χ0n) is 12.7. The number of hydrogen-bond acceptors (Lipinski definition) is 4. The molecular weight excluding hydrogens is 312 g/mol. The molecule has 5 nitrogen and oxygen atoms in total. The van der Waals surface area contributed by atoms with Crippen LogP contribution in [0.2, 0.25) is 0 Å². The quantitative estimate of drug-likeness (QED) is 0.927. The third kappa shape index (κ3) is 3.59. The first kappa shape index (κ1) is 15.7. The lowest BCUT2D eigenvalue weighted by Crippen LogP contribution is -2.26. The predicted octanol–water partition coefficient (Wildman–Crippen LogP) is 1.77. The van der Waals surface area contributed by atoms with Crippen LogP contribution >= 0.6 is 0 Å². The number of fused-ring (bicyclic) bond motifs is 1. The summed E-state index contributed by atoms with van der Waals surface area (Å²) in [4.78, 5) is 16.4. The Morgan fingerprint density at radius 2 is 2.09 bits per heavy atom. The summed E-state index contributed by atoms with van der Waals surface area (Å²) in [6.07, 6.45) is 3.71. The fourth-order valence-electron chi connectivity index (χ4n) is 2.76. The highest BCUT2D eigenvalue weighted by Gasteiger charge is 2.23. The highest BCUT2D eigenvalue weighted by atomic mass is 32.2. The van der Waals surface area contributed by atoms with E-state index in [2.05, 4.69) is 10.3 Å². The van der Waals surface area contributed by atoms with Crippen molar-refractivity contribution < 1.29 is 13.2 Å². The lowest BCUT2D eigenvalue weighted by molar-refractivity contribution is 0.0949. The molecule has 23 heavy (non-hydrogen) atoms. The van der Waals surface area contributed by atoms with Crippen molar-refractivity contribution >= 4 is 15.7 Å². The first-order valence-corrected chi connectivity index (χ1v) is 9.25. The SMILES string of the molecule is O=C(NCCc1ccc2c(c1)CCCS2(=O)=O)c1ccccn1. The van der Waals surface area contributed by atoms with Gasteiger partial charge in [0.15, 0.2) is 9.84 Å². The second-order valence-electron chi connectivity index (χ2n) is 5.59. The summed E-state index contributed by atoms with van der Waals surface area (Å²) in [6.45, 7) is 0.487. The molecule has 120 valence electrons. The molecule has 1 amide bonds. The molecule has 0 saturated heterocycles.